The fourth-order valence-electron chi connectivity index (χ4n) is 1.32. The van der Waals surface area contributed by atoms with Gasteiger partial charge in [-0.05, 0) is 6.92 Å². The zero-order valence-corrected chi connectivity index (χ0v) is 13.7. The largest absolute Gasteiger partial charge is 0.466 e. The molecule has 1 atom stereocenters. The second kappa shape index (κ2) is 8.22. The lowest BCUT2D eigenvalue weighted by atomic mass is 10.2. The van der Waals surface area contributed by atoms with Crippen LogP contribution in [0.15, 0.2) is 12.4 Å². The first-order valence-corrected chi connectivity index (χ1v) is 7.87. The van der Waals surface area contributed by atoms with Crippen molar-refractivity contribution in [1.29, 1.82) is 0 Å². The van der Waals surface area contributed by atoms with Crippen molar-refractivity contribution in [2.75, 3.05) is 13.2 Å². The molecule has 0 aliphatic carbocycles. The van der Waals surface area contributed by atoms with E-state index in [0.29, 0.717) is 0 Å². The maximum absolute atomic E-state index is 13.3. The van der Waals surface area contributed by atoms with E-state index < -0.39 is 64.6 Å². The van der Waals surface area contributed by atoms with Crippen molar-refractivity contribution in [1.82, 2.24) is 5.32 Å². The summed E-state index contributed by atoms with van der Waals surface area (Å²) >= 11 is 0. The number of amides is 1. The van der Waals surface area contributed by atoms with Gasteiger partial charge in [0.15, 0.2) is 0 Å². The van der Waals surface area contributed by atoms with Crippen LogP contribution in [0.4, 0.5) is 26.3 Å². The van der Waals surface area contributed by atoms with E-state index in [1.54, 1.807) is 5.32 Å². The summed E-state index contributed by atoms with van der Waals surface area (Å²) in [7, 11) is -6.00. The van der Waals surface area contributed by atoms with Crippen LogP contribution >= 0.6 is 0 Å². The Morgan fingerprint density at radius 3 is 2.04 bits per heavy atom. The van der Waals surface area contributed by atoms with E-state index in [-0.39, 0.29) is 0 Å². The number of hydrogen-bond donors (Lipinski definition) is 2. The Bertz CT molecular complexity index is 662. The van der Waals surface area contributed by atoms with E-state index in [9.17, 15) is 44.3 Å². The number of carbonyl (C=O) groups is 2. The predicted molar refractivity (Wildman–Crippen MR) is 70.9 cm³/mol. The summed E-state index contributed by atoms with van der Waals surface area (Å²) in [6.07, 6.45) is -7.93. The van der Waals surface area contributed by atoms with Gasteiger partial charge in [-0.3, -0.25) is 9.35 Å². The first-order valence-electron chi connectivity index (χ1n) is 6.43. The normalized spacial score (nSPS) is 15.1. The third-order valence-corrected chi connectivity index (χ3v) is 3.50. The van der Waals surface area contributed by atoms with E-state index in [1.165, 1.54) is 0 Å². The average Bonchev–Trinajstić information content (AvgIpc) is 2.43. The smallest absolute Gasteiger partial charge is 0.410 e. The Hall–Kier alpha value is -1.87. The van der Waals surface area contributed by atoms with E-state index in [4.69, 9.17) is 4.55 Å². The highest BCUT2D eigenvalue weighted by molar-refractivity contribution is 7.86. The maximum atomic E-state index is 13.3. The molecular weight excluding hydrogens is 404 g/mol. The molecule has 0 rings (SSSR count). The fraction of sp³-hybridized carbons (Fsp3) is 0.636. The van der Waals surface area contributed by atoms with Crippen LogP contribution in [-0.2, 0) is 29.2 Å². The van der Waals surface area contributed by atoms with Gasteiger partial charge in [0.2, 0.25) is 5.83 Å². The van der Waals surface area contributed by atoms with Crippen LogP contribution in [0.25, 0.3) is 0 Å². The third-order valence-electron chi connectivity index (χ3n) is 2.54. The van der Waals surface area contributed by atoms with E-state index in [0.717, 1.165) is 6.92 Å². The van der Waals surface area contributed by atoms with Gasteiger partial charge in [0, 0.05) is 6.54 Å². The zero-order valence-electron chi connectivity index (χ0n) is 12.9. The minimum absolute atomic E-state index is 0.463. The van der Waals surface area contributed by atoms with Crippen molar-refractivity contribution in [2.24, 2.45) is 0 Å². The summed E-state index contributed by atoms with van der Waals surface area (Å²) in [6, 6.07) is 0. The molecule has 2 N–H and O–H groups in total. The van der Waals surface area contributed by atoms with Crippen LogP contribution in [0.2, 0.25) is 0 Å². The van der Waals surface area contributed by atoms with Gasteiger partial charge in [0.05, 0.1) is 13.0 Å². The van der Waals surface area contributed by atoms with E-state index in [1.807, 2.05) is 0 Å². The molecule has 0 aromatic heterocycles. The quantitative estimate of drug-likeness (QED) is 0.191. The number of nitrogens with one attached hydrogen (secondary N) is 1. The molecule has 26 heavy (non-hydrogen) atoms. The number of halogens is 6. The highest BCUT2D eigenvalue weighted by Crippen LogP contribution is 2.37. The van der Waals surface area contributed by atoms with Gasteiger partial charge in [0.25, 0.3) is 0 Å². The molecule has 1 amide bonds. The highest BCUT2D eigenvalue weighted by atomic mass is 32.2. The molecule has 0 aliphatic heterocycles. The summed E-state index contributed by atoms with van der Waals surface area (Å²) in [6.45, 7) is 1.19. The molecule has 0 spiro atoms. The monoisotopic (exact) mass is 417 g/mol. The number of alkyl halides is 5. The van der Waals surface area contributed by atoms with Gasteiger partial charge in [-0.15, -0.1) is 0 Å². The first-order chi connectivity index (χ1) is 11.5. The summed E-state index contributed by atoms with van der Waals surface area (Å²) in [4.78, 5) is 22.8. The Kier molecular flexibility index (Phi) is 7.63. The minimum Gasteiger partial charge on any atom is -0.410 e. The van der Waals surface area contributed by atoms with Crippen LogP contribution in [0, 0.1) is 0 Å². The molecule has 0 aromatic rings. The Balaban J connectivity index is 5.79. The number of hydrogen-bond acceptors (Lipinski definition) is 6. The maximum Gasteiger partial charge on any atom is 0.466 e. The summed E-state index contributed by atoms with van der Waals surface area (Å²) in [5.41, 5.74) is 0. The van der Waals surface area contributed by atoms with Gasteiger partial charge in [-0.25, -0.2) is 4.79 Å². The average molecular weight is 417 g/mol. The van der Waals surface area contributed by atoms with Gasteiger partial charge in [0.1, 0.15) is 0 Å². The molecule has 0 saturated heterocycles. The Labute approximate surface area is 142 Å². The number of ether oxygens (including phenoxy) is 2. The lowest BCUT2D eigenvalue weighted by molar-refractivity contribution is -0.348. The van der Waals surface area contributed by atoms with E-state index >= 15 is 0 Å². The topological polar surface area (TPSA) is 119 Å². The standard InChI is InChI=1S/C11H13F6NO7S/c1-3-18-8(20)10(11(15,16)17,25-7(19)6(2)12)24-5-4-9(13,14)26(21,22)23/h2-5H2,1H3,(H,18,20)(H,21,22,23). The predicted octanol–water partition coefficient (Wildman–Crippen LogP) is 1.29. The molecule has 0 fully saturated rings. The fourth-order valence-corrected chi connectivity index (χ4v) is 1.66. The van der Waals surface area contributed by atoms with Crippen LogP contribution in [0.5, 0.6) is 0 Å². The van der Waals surface area contributed by atoms with Gasteiger partial charge >= 0.3 is 39.2 Å². The van der Waals surface area contributed by atoms with Crippen molar-refractivity contribution in [3.63, 3.8) is 0 Å². The molecule has 0 aromatic carbocycles. The lowest BCUT2D eigenvalue weighted by Gasteiger charge is -2.33. The van der Waals surface area contributed by atoms with Crippen molar-refractivity contribution in [3.05, 3.63) is 12.4 Å². The van der Waals surface area contributed by atoms with Crippen molar-refractivity contribution >= 4 is 22.0 Å². The minimum atomic E-state index is -6.00. The first kappa shape index (κ1) is 24.1. The van der Waals surface area contributed by atoms with E-state index in [2.05, 4.69) is 16.1 Å². The molecule has 152 valence electrons. The van der Waals surface area contributed by atoms with Crippen molar-refractivity contribution in [3.8, 4) is 0 Å². The molecular formula is C11H13F6NO7S. The summed E-state index contributed by atoms with van der Waals surface area (Å²) < 4.78 is 115. The lowest BCUT2D eigenvalue weighted by Crippen LogP contribution is -2.61. The molecule has 0 bridgehead atoms. The van der Waals surface area contributed by atoms with Crippen LogP contribution in [0.3, 0.4) is 0 Å². The molecule has 0 saturated carbocycles. The molecule has 8 nitrogen and oxygen atoms in total. The van der Waals surface area contributed by atoms with Crippen molar-refractivity contribution in [2.45, 2.75) is 30.6 Å². The van der Waals surface area contributed by atoms with Gasteiger partial charge in [-0.2, -0.15) is 34.8 Å². The molecule has 15 heteroatoms. The number of carbonyl (C=O) groups excluding carboxylic acids is 2. The Morgan fingerprint density at radius 2 is 1.69 bits per heavy atom. The summed E-state index contributed by atoms with van der Waals surface area (Å²) in [5.74, 6) is -11.2. The summed E-state index contributed by atoms with van der Waals surface area (Å²) in [5, 5.41) is -3.38. The molecule has 1 unspecified atom stereocenters. The van der Waals surface area contributed by atoms with Crippen LogP contribution in [-0.4, -0.2) is 55.2 Å². The molecule has 0 aliphatic rings. The number of likely N-dealkylation sites (N-methyl/N-ethyl adjacent to an activating group) is 1. The Morgan fingerprint density at radius 1 is 1.19 bits per heavy atom. The van der Waals surface area contributed by atoms with Crippen LogP contribution in [0.1, 0.15) is 13.3 Å². The highest BCUT2D eigenvalue weighted by Gasteiger charge is 2.66. The SMILES string of the molecule is C=C(F)C(=O)OC(OCCC(F)(F)S(=O)(=O)O)(C(=O)NCC)C(F)(F)F. The second-order valence-corrected chi connectivity index (χ2v) is 6.03. The van der Waals surface area contributed by atoms with Gasteiger partial charge < -0.3 is 14.8 Å². The van der Waals surface area contributed by atoms with Gasteiger partial charge in [-0.1, -0.05) is 6.58 Å². The van der Waals surface area contributed by atoms with Crippen molar-refractivity contribution < 1.29 is 58.4 Å². The number of rotatable bonds is 9. The third kappa shape index (κ3) is 5.57. The second-order valence-electron chi connectivity index (χ2n) is 4.48. The number of esters is 1. The van der Waals surface area contributed by atoms with Crippen LogP contribution < -0.4 is 5.32 Å². The molecule has 0 radical (unpaired) electrons. The molecule has 0 heterocycles. The zero-order chi connectivity index (χ0) is 21.0.